The summed E-state index contributed by atoms with van der Waals surface area (Å²) in [5.74, 6) is 0.874. The summed E-state index contributed by atoms with van der Waals surface area (Å²) >= 11 is 5.77. The van der Waals surface area contributed by atoms with Crippen LogP contribution in [0.2, 0.25) is 5.02 Å². The third kappa shape index (κ3) is 2.63. The van der Waals surface area contributed by atoms with Crippen LogP contribution in [0.25, 0.3) is 11.5 Å². The topological polar surface area (TPSA) is 86.8 Å². The van der Waals surface area contributed by atoms with Gasteiger partial charge < -0.3 is 4.42 Å². The average molecular weight is 292 g/mol. The Labute approximate surface area is 119 Å². The fourth-order valence-corrected chi connectivity index (χ4v) is 1.70. The van der Waals surface area contributed by atoms with Gasteiger partial charge in [0.05, 0.1) is 24.0 Å². The highest BCUT2D eigenvalue weighted by molar-refractivity contribution is 6.30. The third-order valence-corrected chi connectivity index (χ3v) is 2.78. The lowest BCUT2D eigenvalue weighted by molar-refractivity contribution is -0.0391. The lowest BCUT2D eigenvalue weighted by Gasteiger charge is -2.19. The van der Waals surface area contributed by atoms with Crippen LogP contribution in [0.1, 0.15) is 0 Å². The molecule has 0 bridgehead atoms. The minimum Gasteiger partial charge on any atom is -0.422 e. The molecule has 7 nitrogen and oxygen atoms in total. The molecule has 0 spiro atoms. The Hall–Kier alpha value is -2.38. The molecule has 102 valence electrons. The van der Waals surface area contributed by atoms with E-state index in [4.69, 9.17) is 16.0 Å². The zero-order valence-electron chi connectivity index (χ0n) is 10.2. The van der Waals surface area contributed by atoms with Crippen LogP contribution in [0, 0.1) is 0 Å². The minimum absolute atomic E-state index is 0.235. The van der Waals surface area contributed by atoms with Crippen molar-refractivity contribution >= 4 is 23.8 Å². The normalized spacial score (nSPS) is 14.3. The molecule has 2 aromatic rings. The largest absolute Gasteiger partial charge is 0.422 e. The standard InChI is InChI=1S/C12H10ClN5O2/c13-8-1-2-9(15-5-8)10-6-16-12(20-10)17-11-7-14-3-4-18(11)19/h1-3,5-7,19H,4H2,(H,16,17). The highest BCUT2D eigenvalue weighted by atomic mass is 35.5. The first-order valence-corrected chi connectivity index (χ1v) is 6.13. The summed E-state index contributed by atoms with van der Waals surface area (Å²) in [7, 11) is 0. The number of aromatic nitrogens is 2. The second-order valence-corrected chi connectivity index (χ2v) is 4.38. The molecule has 1 aliphatic heterocycles. The summed E-state index contributed by atoms with van der Waals surface area (Å²) in [6.45, 7) is 0.297. The number of rotatable bonds is 3. The van der Waals surface area contributed by atoms with Crippen molar-refractivity contribution in [3.8, 4) is 11.5 Å². The molecule has 2 aromatic heterocycles. The number of aliphatic imine (C=N–C) groups is 1. The number of hydroxylamine groups is 2. The van der Waals surface area contributed by atoms with Gasteiger partial charge in [0.25, 0.3) is 0 Å². The van der Waals surface area contributed by atoms with Crippen molar-refractivity contribution in [2.75, 3.05) is 11.9 Å². The van der Waals surface area contributed by atoms with Gasteiger partial charge in [0.2, 0.25) is 0 Å². The van der Waals surface area contributed by atoms with E-state index in [1.54, 1.807) is 18.3 Å². The predicted molar refractivity (Wildman–Crippen MR) is 73.4 cm³/mol. The zero-order valence-corrected chi connectivity index (χ0v) is 10.9. The number of halogens is 1. The number of nitrogens with one attached hydrogen (secondary N) is 1. The molecule has 1 aliphatic rings. The van der Waals surface area contributed by atoms with Gasteiger partial charge in [-0.15, -0.1) is 0 Å². The summed E-state index contributed by atoms with van der Waals surface area (Å²) in [6.07, 6.45) is 6.10. The van der Waals surface area contributed by atoms with Gasteiger partial charge in [-0.3, -0.25) is 20.5 Å². The molecule has 0 atom stereocenters. The highest BCUT2D eigenvalue weighted by Crippen LogP contribution is 2.22. The van der Waals surface area contributed by atoms with Gasteiger partial charge in [0.15, 0.2) is 11.6 Å². The van der Waals surface area contributed by atoms with Gasteiger partial charge in [-0.05, 0) is 12.1 Å². The SMILES string of the molecule is ON1CC=NC=C1Nc1ncc(-c2ccc(Cl)cn2)o1. The molecular formula is C12H10ClN5O2. The maximum Gasteiger partial charge on any atom is 0.300 e. The van der Waals surface area contributed by atoms with E-state index in [1.165, 1.54) is 18.6 Å². The molecule has 3 rings (SSSR count). The number of anilines is 1. The molecule has 2 N–H and O–H groups in total. The predicted octanol–water partition coefficient (Wildman–Crippen LogP) is 2.38. The molecule has 0 fully saturated rings. The molecular weight excluding hydrogens is 282 g/mol. The molecule has 0 aromatic carbocycles. The van der Waals surface area contributed by atoms with Crippen molar-refractivity contribution in [3.05, 3.63) is 41.6 Å². The monoisotopic (exact) mass is 291 g/mol. The van der Waals surface area contributed by atoms with E-state index in [9.17, 15) is 5.21 Å². The third-order valence-electron chi connectivity index (χ3n) is 2.56. The first-order valence-electron chi connectivity index (χ1n) is 5.75. The Morgan fingerprint density at radius 3 is 2.95 bits per heavy atom. The fourth-order valence-electron chi connectivity index (χ4n) is 1.59. The van der Waals surface area contributed by atoms with E-state index in [1.807, 2.05) is 0 Å². The van der Waals surface area contributed by atoms with E-state index >= 15 is 0 Å². The van der Waals surface area contributed by atoms with Crippen LogP contribution in [0.15, 0.2) is 46.0 Å². The summed E-state index contributed by atoms with van der Waals surface area (Å²) in [6, 6.07) is 3.68. The van der Waals surface area contributed by atoms with Crippen LogP contribution in [-0.2, 0) is 0 Å². The number of hydrogen-bond acceptors (Lipinski definition) is 7. The molecule has 0 saturated carbocycles. The first kappa shape index (κ1) is 12.6. The number of oxazole rings is 1. The van der Waals surface area contributed by atoms with E-state index in [-0.39, 0.29) is 6.01 Å². The van der Waals surface area contributed by atoms with Crippen LogP contribution >= 0.6 is 11.6 Å². The quantitative estimate of drug-likeness (QED) is 0.903. The summed E-state index contributed by atoms with van der Waals surface area (Å²) < 4.78 is 5.50. The number of pyridine rings is 1. The average Bonchev–Trinajstić information content (AvgIpc) is 2.91. The Morgan fingerprint density at radius 1 is 1.30 bits per heavy atom. The van der Waals surface area contributed by atoms with Gasteiger partial charge in [-0.2, -0.15) is 0 Å². The van der Waals surface area contributed by atoms with E-state index < -0.39 is 0 Å². The fraction of sp³-hybridized carbons (Fsp3) is 0.0833. The number of nitrogens with zero attached hydrogens (tertiary/aromatic N) is 4. The molecule has 8 heteroatoms. The second-order valence-electron chi connectivity index (χ2n) is 3.94. The van der Waals surface area contributed by atoms with E-state index in [2.05, 4.69) is 20.3 Å². The van der Waals surface area contributed by atoms with Gasteiger partial charge in [0.1, 0.15) is 5.69 Å². The van der Waals surface area contributed by atoms with Crippen molar-refractivity contribution in [2.24, 2.45) is 4.99 Å². The summed E-state index contributed by atoms with van der Waals surface area (Å²) in [4.78, 5) is 12.1. The zero-order chi connectivity index (χ0) is 13.9. The number of hydrogen-bond donors (Lipinski definition) is 2. The van der Waals surface area contributed by atoms with Crippen LogP contribution < -0.4 is 5.32 Å². The van der Waals surface area contributed by atoms with Crippen molar-refractivity contribution < 1.29 is 9.62 Å². The van der Waals surface area contributed by atoms with Crippen LogP contribution in [-0.4, -0.2) is 33.0 Å². The van der Waals surface area contributed by atoms with Crippen molar-refractivity contribution in [1.29, 1.82) is 0 Å². The molecule has 0 unspecified atom stereocenters. The molecule has 3 heterocycles. The Kier molecular flexibility index (Phi) is 3.36. The Morgan fingerprint density at radius 2 is 2.20 bits per heavy atom. The van der Waals surface area contributed by atoms with Gasteiger partial charge >= 0.3 is 6.01 Å². The van der Waals surface area contributed by atoms with Gasteiger partial charge in [-0.25, -0.2) is 10.0 Å². The highest BCUT2D eigenvalue weighted by Gasteiger charge is 2.13. The Balaban J connectivity index is 1.78. The molecule has 20 heavy (non-hydrogen) atoms. The second kappa shape index (κ2) is 5.32. The summed E-state index contributed by atoms with van der Waals surface area (Å²) in [5, 5.41) is 14.0. The lowest BCUT2D eigenvalue weighted by Crippen LogP contribution is -2.27. The minimum atomic E-state index is 0.235. The molecule has 0 amide bonds. The van der Waals surface area contributed by atoms with E-state index in [0.29, 0.717) is 28.8 Å². The van der Waals surface area contributed by atoms with Gasteiger partial charge in [0, 0.05) is 12.4 Å². The van der Waals surface area contributed by atoms with Crippen LogP contribution in [0.5, 0.6) is 0 Å². The van der Waals surface area contributed by atoms with Crippen molar-refractivity contribution in [3.63, 3.8) is 0 Å². The maximum absolute atomic E-state index is 9.60. The lowest BCUT2D eigenvalue weighted by atomic mass is 10.3. The van der Waals surface area contributed by atoms with Gasteiger partial charge in [-0.1, -0.05) is 11.6 Å². The molecule has 0 radical (unpaired) electrons. The molecule has 0 aliphatic carbocycles. The van der Waals surface area contributed by atoms with Crippen LogP contribution in [0.4, 0.5) is 6.01 Å². The summed E-state index contributed by atoms with van der Waals surface area (Å²) in [5.41, 5.74) is 0.617. The van der Waals surface area contributed by atoms with Crippen molar-refractivity contribution in [2.45, 2.75) is 0 Å². The molecule has 0 saturated heterocycles. The smallest absolute Gasteiger partial charge is 0.300 e. The van der Waals surface area contributed by atoms with Crippen molar-refractivity contribution in [1.82, 2.24) is 15.0 Å². The maximum atomic E-state index is 9.60. The van der Waals surface area contributed by atoms with E-state index in [0.717, 1.165) is 5.06 Å². The first-order chi connectivity index (χ1) is 9.72. The Bertz CT molecular complexity index is 665. The van der Waals surface area contributed by atoms with Crippen LogP contribution in [0.3, 0.4) is 0 Å².